The van der Waals surface area contributed by atoms with Crippen LogP contribution in [0.4, 0.5) is 17.2 Å². The lowest BCUT2D eigenvalue weighted by Gasteiger charge is -2.30. The van der Waals surface area contributed by atoms with Gasteiger partial charge >= 0.3 is 0 Å². The van der Waals surface area contributed by atoms with E-state index in [4.69, 9.17) is 17.3 Å². The van der Waals surface area contributed by atoms with Crippen molar-refractivity contribution in [3.8, 4) is 0 Å². The highest BCUT2D eigenvalue weighted by Crippen LogP contribution is 2.41. The second kappa shape index (κ2) is 10.7. The highest BCUT2D eigenvalue weighted by molar-refractivity contribution is 6.30. The summed E-state index contributed by atoms with van der Waals surface area (Å²) < 4.78 is 0. The predicted octanol–water partition coefficient (Wildman–Crippen LogP) is 4.30. The summed E-state index contributed by atoms with van der Waals surface area (Å²) in [5, 5.41) is 6.64. The van der Waals surface area contributed by atoms with Crippen molar-refractivity contribution in [2.45, 2.75) is 5.92 Å². The molecule has 0 bridgehead atoms. The fourth-order valence-electron chi connectivity index (χ4n) is 4.48. The lowest BCUT2D eigenvalue weighted by molar-refractivity contribution is -0.115. The molecule has 4 N–H and O–H groups in total. The number of nitrogens with zero attached hydrogens (tertiary/aromatic N) is 2. The van der Waals surface area contributed by atoms with Gasteiger partial charge in [0.05, 0.1) is 21.8 Å². The summed E-state index contributed by atoms with van der Waals surface area (Å²) in [6, 6.07) is 18.7. The Bertz CT molecular complexity index is 1210. The summed E-state index contributed by atoms with van der Waals surface area (Å²) in [7, 11) is 2.02. The average molecular weight is 490 g/mol. The number of pyridine rings is 1. The lowest BCUT2D eigenvalue weighted by atomic mass is 9.75. The van der Waals surface area contributed by atoms with Crippen molar-refractivity contribution in [1.82, 2.24) is 9.88 Å². The van der Waals surface area contributed by atoms with E-state index in [0.29, 0.717) is 35.3 Å². The molecule has 8 heteroatoms. The first-order chi connectivity index (χ1) is 16.9. The van der Waals surface area contributed by atoms with Crippen molar-refractivity contribution in [2.75, 3.05) is 43.0 Å². The molecule has 4 rings (SSSR count). The number of aldehydes is 1. The fraction of sp³-hybridized carbons (Fsp3) is 0.222. The molecule has 0 radical (unpaired) electrons. The van der Waals surface area contributed by atoms with E-state index in [-0.39, 0.29) is 11.8 Å². The van der Waals surface area contributed by atoms with Crippen LogP contribution >= 0.6 is 11.6 Å². The Kier molecular flexibility index (Phi) is 7.48. The zero-order chi connectivity index (χ0) is 24.8. The van der Waals surface area contributed by atoms with Crippen molar-refractivity contribution < 1.29 is 9.59 Å². The van der Waals surface area contributed by atoms with Crippen LogP contribution in [-0.4, -0.2) is 48.8 Å². The van der Waals surface area contributed by atoms with Gasteiger partial charge in [-0.2, -0.15) is 0 Å². The molecule has 0 aliphatic carbocycles. The number of nitrogens with two attached hydrogens (primary N) is 1. The Morgan fingerprint density at radius 3 is 2.66 bits per heavy atom. The molecule has 180 valence electrons. The zero-order valence-electron chi connectivity index (χ0n) is 19.4. The SMILES string of the molecule is CN1CC(c2ccc(C=CC(=O)Nc3ccccc3N)cc2)C(C=O)(CNc2ccc(Cl)cn2)C1. The third-order valence-electron chi connectivity index (χ3n) is 6.30. The first-order valence-electron chi connectivity index (χ1n) is 11.3. The number of likely N-dealkylation sites (tertiary alicyclic amines) is 1. The quantitative estimate of drug-likeness (QED) is 0.248. The minimum absolute atomic E-state index is 0.0205. The summed E-state index contributed by atoms with van der Waals surface area (Å²) in [6.07, 6.45) is 5.87. The number of carbonyl (C=O) groups excluding carboxylic acids is 2. The van der Waals surface area contributed by atoms with Gasteiger partial charge in [-0.25, -0.2) is 4.98 Å². The first-order valence-corrected chi connectivity index (χ1v) is 11.7. The van der Waals surface area contributed by atoms with Gasteiger partial charge in [0.25, 0.3) is 0 Å². The third-order valence-corrected chi connectivity index (χ3v) is 6.52. The largest absolute Gasteiger partial charge is 0.397 e. The van der Waals surface area contributed by atoms with Crippen LogP contribution in [0.15, 0.2) is 72.9 Å². The fourth-order valence-corrected chi connectivity index (χ4v) is 4.59. The number of para-hydroxylation sites is 2. The van der Waals surface area contributed by atoms with E-state index in [9.17, 15) is 9.59 Å². The van der Waals surface area contributed by atoms with E-state index in [0.717, 1.165) is 24.0 Å². The smallest absolute Gasteiger partial charge is 0.248 e. The van der Waals surface area contributed by atoms with Gasteiger partial charge in [0.15, 0.2) is 0 Å². The van der Waals surface area contributed by atoms with E-state index in [1.165, 1.54) is 6.08 Å². The highest BCUT2D eigenvalue weighted by atomic mass is 35.5. The van der Waals surface area contributed by atoms with Gasteiger partial charge in [0, 0.05) is 37.8 Å². The number of anilines is 3. The average Bonchev–Trinajstić information content (AvgIpc) is 3.21. The van der Waals surface area contributed by atoms with Crippen molar-refractivity contribution in [3.63, 3.8) is 0 Å². The van der Waals surface area contributed by atoms with Gasteiger partial charge in [-0.15, -0.1) is 0 Å². The number of carbonyl (C=O) groups is 2. The van der Waals surface area contributed by atoms with Gasteiger partial charge in [0.1, 0.15) is 12.1 Å². The molecule has 1 saturated heterocycles. The molecule has 2 aromatic carbocycles. The normalized spacial score (nSPS) is 20.1. The van der Waals surface area contributed by atoms with Crippen molar-refractivity contribution >= 4 is 47.1 Å². The maximum Gasteiger partial charge on any atom is 0.248 e. The molecular formula is C27H28ClN5O2. The number of hydrogen-bond acceptors (Lipinski definition) is 6. The second-order valence-electron chi connectivity index (χ2n) is 8.89. The molecule has 2 atom stereocenters. The van der Waals surface area contributed by atoms with Gasteiger partial charge in [-0.1, -0.05) is 48.0 Å². The zero-order valence-corrected chi connectivity index (χ0v) is 20.2. The Morgan fingerprint density at radius 2 is 1.97 bits per heavy atom. The van der Waals surface area contributed by atoms with Crippen LogP contribution in [0, 0.1) is 5.41 Å². The molecule has 7 nitrogen and oxygen atoms in total. The van der Waals surface area contributed by atoms with Crippen LogP contribution in [0.1, 0.15) is 17.0 Å². The summed E-state index contributed by atoms with van der Waals surface area (Å²) in [4.78, 5) is 31.1. The number of benzene rings is 2. The molecule has 0 saturated carbocycles. The van der Waals surface area contributed by atoms with E-state index >= 15 is 0 Å². The summed E-state index contributed by atoms with van der Waals surface area (Å²) in [6.45, 7) is 1.88. The standard InChI is InChI=1S/C27H28ClN5O2/c1-33-15-22(27(17-33,18-34)16-31-25-12-11-21(28)14-30-25)20-9-6-19(7-10-20)8-13-26(35)32-24-5-3-2-4-23(24)29/h2-14,18,22H,15-17,29H2,1H3,(H,30,31)(H,32,35). The number of aromatic nitrogens is 1. The first kappa shape index (κ1) is 24.4. The summed E-state index contributed by atoms with van der Waals surface area (Å²) in [5.41, 5.74) is 8.34. The van der Waals surface area contributed by atoms with Crippen LogP contribution in [-0.2, 0) is 9.59 Å². The van der Waals surface area contributed by atoms with Crippen LogP contribution in [0.5, 0.6) is 0 Å². The molecule has 1 aliphatic rings. The number of nitrogen functional groups attached to an aromatic ring is 1. The predicted molar refractivity (Wildman–Crippen MR) is 141 cm³/mol. The number of likely N-dealkylation sites (N-methyl/N-ethyl adjacent to an activating group) is 1. The topological polar surface area (TPSA) is 100 Å². The maximum atomic E-state index is 12.4. The van der Waals surface area contributed by atoms with Crippen molar-refractivity contribution in [1.29, 1.82) is 0 Å². The number of hydrogen-bond donors (Lipinski definition) is 3. The molecule has 3 aromatic rings. The van der Waals surface area contributed by atoms with Crippen LogP contribution in [0.25, 0.3) is 6.08 Å². The van der Waals surface area contributed by atoms with E-state index < -0.39 is 5.41 Å². The minimum Gasteiger partial charge on any atom is -0.397 e. The van der Waals surface area contributed by atoms with Crippen molar-refractivity contribution in [3.05, 3.63) is 89.1 Å². The van der Waals surface area contributed by atoms with Crippen LogP contribution < -0.4 is 16.4 Å². The highest BCUT2D eigenvalue weighted by Gasteiger charge is 2.46. The Labute approximate surface area is 210 Å². The molecular weight excluding hydrogens is 462 g/mol. The van der Waals surface area contributed by atoms with E-state index in [1.807, 2.05) is 43.4 Å². The molecule has 1 fully saturated rings. The van der Waals surface area contributed by atoms with Gasteiger partial charge in [-0.3, -0.25) is 4.79 Å². The van der Waals surface area contributed by atoms with Crippen LogP contribution in [0.2, 0.25) is 5.02 Å². The van der Waals surface area contributed by atoms with E-state index in [1.54, 1.807) is 36.5 Å². The summed E-state index contributed by atoms with van der Waals surface area (Å²) in [5.74, 6) is 0.443. The summed E-state index contributed by atoms with van der Waals surface area (Å²) >= 11 is 5.93. The lowest BCUT2D eigenvalue weighted by Crippen LogP contribution is -2.38. The molecule has 1 aliphatic heterocycles. The maximum absolute atomic E-state index is 12.4. The molecule has 0 spiro atoms. The Morgan fingerprint density at radius 1 is 1.20 bits per heavy atom. The monoisotopic (exact) mass is 489 g/mol. The minimum atomic E-state index is -0.594. The van der Waals surface area contributed by atoms with Gasteiger partial charge < -0.3 is 26.1 Å². The second-order valence-corrected chi connectivity index (χ2v) is 9.33. The molecule has 2 unspecified atom stereocenters. The number of nitrogens with one attached hydrogen (secondary N) is 2. The Hall–Kier alpha value is -3.68. The molecule has 35 heavy (non-hydrogen) atoms. The van der Waals surface area contributed by atoms with Crippen molar-refractivity contribution in [2.24, 2.45) is 5.41 Å². The number of amides is 1. The van der Waals surface area contributed by atoms with E-state index in [2.05, 4.69) is 20.5 Å². The van der Waals surface area contributed by atoms with Crippen LogP contribution in [0.3, 0.4) is 0 Å². The third kappa shape index (κ3) is 5.88. The molecule has 1 amide bonds. The van der Waals surface area contributed by atoms with Gasteiger partial charge in [0.2, 0.25) is 5.91 Å². The Balaban J connectivity index is 1.44. The molecule has 1 aromatic heterocycles. The molecule has 2 heterocycles. The van der Waals surface area contributed by atoms with Gasteiger partial charge in [-0.05, 0) is 48.5 Å². The number of rotatable bonds is 8. The number of halogens is 1.